The van der Waals surface area contributed by atoms with Gasteiger partial charge in [-0.1, -0.05) is 18.2 Å². The SMILES string of the molecule is CN1Cc2cc(C(=O)NO)ccc2-c2cccn21.CN1Cc2cc(C(=O)NO)ccc2[C@@H]2CCCN21.CN1Cc2cc(C(=O)NO)ccc2[C@H]2CCCN21.C[C@@H]1CC[C@@H]2c3c(F)cc(C(=O)NO)cc3CCN12.C[C@@H]1CC[C@H]2c3c(F)cc(C(=O)NO)cc3CCN12.C[C@H]1CC[C@@H]2c3c(F)cc(C(=O)NO)cc3CCN21.C[C@H]1CC[C@H]2c3c(F)cc(C(=O)NO)cc3CCN12.Cc1ccn2c1-c1c(F)cc(C(=O)NO)cc1CC2. The molecular weight excluding hydrogens is 1930 g/mol. The van der Waals surface area contributed by atoms with Crippen molar-refractivity contribution >= 4 is 47.3 Å². The van der Waals surface area contributed by atoms with Gasteiger partial charge in [0.2, 0.25) is 0 Å². The molecule has 0 saturated carbocycles. The maximum atomic E-state index is 14.3. The fraction of sp³-hybridized carbons (Fsp3) is 0.413. The number of benzene rings is 8. The van der Waals surface area contributed by atoms with Gasteiger partial charge in [0.1, 0.15) is 29.1 Å². The second-order valence-corrected chi connectivity index (χ2v) is 40.7. The van der Waals surface area contributed by atoms with Crippen molar-refractivity contribution in [3.8, 4) is 22.5 Å². The first-order valence-electron chi connectivity index (χ1n) is 50.8. The summed E-state index contributed by atoms with van der Waals surface area (Å²) in [5, 5.41) is 80.5. The van der Waals surface area contributed by atoms with E-state index in [1.807, 2.05) is 85.5 Å². The standard InChI is InChI=1S/C14H13FN2O2.4C14H17FN2O2.2C13H17N3O2.C13H13N3O2/c1-8-2-4-17-5-3-9-6-10(14(18)16-19)7-11(15)12(9)13(8)17;4*1-8-2-3-12-13-9(4-5-17(8)12)6-10(7-11(13)15)14(18)16-19;3*1-15-8-10-7-9(13(17)14-18)4-5-11(10)12-3-2-6-16(12)15/h2,4,6-7,19H,3,5H2,1H3,(H,16,18);4*6-8,12,19H,2-5H2,1H3,(H,16,18);2*4-5,7,12,18H,2-3,6,8H2,1H3,(H,14,17);2-7,18H,8H2,1H3,(H,14,17)/t;2*8-,12+;2*8-,12-;2*12-;/m.101010./s1. The third-order valence-electron chi connectivity index (χ3n) is 32.2. The van der Waals surface area contributed by atoms with Gasteiger partial charge in [-0.3, -0.25) is 104 Å². The first kappa shape index (κ1) is 107. The van der Waals surface area contributed by atoms with Crippen molar-refractivity contribution in [2.45, 2.75) is 230 Å². The van der Waals surface area contributed by atoms with E-state index in [4.69, 9.17) is 41.7 Å². The van der Waals surface area contributed by atoms with Gasteiger partial charge in [0.15, 0.2) is 0 Å². The van der Waals surface area contributed by atoms with Crippen LogP contribution in [0.5, 0.6) is 0 Å². The average Bonchev–Trinajstić information content (AvgIpc) is 1.82. The second kappa shape index (κ2) is 46.2. The van der Waals surface area contributed by atoms with E-state index in [2.05, 4.69) is 91.1 Å². The zero-order valence-corrected chi connectivity index (χ0v) is 84.4. The number of rotatable bonds is 8. The molecule has 6 saturated heterocycles. The van der Waals surface area contributed by atoms with Gasteiger partial charge in [0.25, 0.3) is 47.3 Å². The van der Waals surface area contributed by atoms with Crippen LogP contribution >= 0.6 is 0 Å². The molecule has 0 bridgehead atoms. The van der Waals surface area contributed by atoms with E-state index in [1.165, 1.54) is 77.7 Å². The van der Waals surface area contributed by atoms with Gasteiger partial charge in [-0.25, -0.2) is 85.8 Å². The summed E-state index contributed by atoms with van der Waals surface area (Å²) in [4.78, 5) is 101. The largest absolute Gasteiger partial charge is 0.347 e. The average molecular weight is 2060 g/mol. The number of carbonyl (C=O) groups is 8. The molecule has 790 valence electrons. The lowest BCUT2D eigenvalue weighted by Gasteiger charge is -2.39. The molecule has 10 aromatic rings. The minimum Gasteiger partial charge on any atom is -0.347 e. The smallest absolute Gasteiger partial charge is 0.274 e. The van der Waals surface area contributed by atoms with Crippen molar-refractivity contribution in [1.82, 2.24) is 92.7 Å². The Morgan fingerprint density at radius 1 is 0.302 bits per heavy atom. The summed E-state index contributed by atoms with van der Waals surface area (Å²) in [6, 6.07) is 40.8. The van der Waals surface area contributed by atoms with E-state index in [0.29, 0.717) is 64.9 Å². The number of halogens is 5. The number of hydrogen-bond acceptors (Lipinski definition) is 25. The number of aromatic nitrogens is 2. The summed E-state index contributed by atoms with van der Waals surface area (Å²) < 4.78 is 75.6. The quantitative estimate of drug-likeness (QED) is 0.0382. The fourth-order valence-electron chi connectivity index (χ4n) is 24.9. The van der Waals surface area contributed by atoms with Gasteiger partial charge in [-0.2, -0.15) is 0 Å². The highest BCUT2D eigenvalue weighted by atomic mass is 19.1. The third kappa shape index (κ3) is 21.9. The van der Waals surface area contributed by atoms with Crippen molar-refractivity contribution in [2.24, 2.45) is 0 Å². The lowest BCUT2D eigenvalue weighted by atomic mass is 9.90. The monoisotopic (exact) mass is 2050 g/mol. The zero-order valence-electron chi connectivity index (χ0n) is 84.4. The van der Waals surface area contributed by atoms with Gasteiger partial charge < -0.3 is 9.58 Å². The fourth-order valence-corrected chi connectivity index (χ4v) is 24.9. The van der Waals surface area contributed by atoms with Crippen LogP contribution in [0.15, 0.2) is 146 Å². The summed E-state index contributed by atoms with van der Waals surface area (Å²) in [6.07, 6.45) is 20.6. The van der Waals surface area contributed by atoms with Crippen LogP contribution < -0.4 is 48.8 Å². The van der Waals surface area contributed by atoms with Crippen LogP contribution in [-0.4, -0.2) is 222 Å². The number of fused-ring (bicyclic) bond motifs is 24. The number of amides is 8. The Bertz CT molecular complexity index is 6300. The van der Waals surface area contributed by atoms with E-state index in [0.717, 1.165) is 227 Å². The molecule has 24 rings (SSSR count). The van der Waals surface area contributed by atoms with Crippen molar-refractivity contribution in [3.63, 3.8) is 0 Å². The minimum absolute atomic E-state index is 0.136. The molecule has 35 nitrogen and oxygen atoms in total. The van der Waals surface area contributed by atoms with Crippen molar-refractivity contribution in [1.29, 1.82) is 0 Å². The van der Waals surface area contributed by atoms with Gasteiger partial charge >= 0.3 is 0 Å². The molecule has 149 heavy (non-hydrogen) atoms. The molecule has 8 amide bonds. The molecule has 0 spiro atoms. The first-order chi connectivity index (χ1) is 71.7. The summed E-state index contributed by atoms with van der Waals surface area (Å²) in [5.74, 6) is -6.50. The topological polar surface area (TPSA) is 434 Å². The van der Waals surface area contributed by atoms with Gasteiger partial charge in [0, 0.05) is 231 Å². The molecule has 10 atom stereocenters. The predicted molar refractivity (Wildman–Crippen MR) is 536 cm³/mol. The molecule has 14 aliphatic heterocycles. The Hall–Kier alpha value is -13.1. The summed E-state index contributed by atoms with van der Waals surface area (Å²) in [5.41, 5.74) is 33.2. The van der Waals surface area contributed by atoms with E-state index in [9.17, 15) is 60.3 Å². The lowest BCUT2D eigenvalue weighted by molar-refractivity contribution is -0.0343. The maximum absolute atomic E-state index is 14.3. The highest BCUT2D eigenvalue weighted by Gasteiger charge is 2.45. The number of hydrogen-bond donors (Lipinski definition) is 16. The molecule has 16 N–H and O–H groups in total. The minimum atomic E-state index is -0.695. The van der Waals surface area contributed by atoms with Crippen molar-refractivity contribution < 1.29 is 102 Å². The molecule has 0 aliphatic carbocycles. The number of carbonyl (C=O) groups excluding carboxylic acids is 8. The van der Waals surface area contributed by atoms with Crippen LogP contribution in [0.1, 0.15) is 307 Å². The number of aryl methyl sites for hydroxylation is 3. The Kier molecular flexibility index (Phi) is 33.2. The van der Waals surface area contributed by atoms with Crippen LogP contribution in [0, 0.1) is 36.0 Å². The Morgan fingerprint density at radius 3 is 0.953 bits per heavy atom. The van der Waals surface area contributed by atoms with Gasteiger partial charge in [0.05, 0.1) is 17.9 Å². The summed E-state index contributed by atoms with van der Waals surface area (Å²) in [7, 11) is 6.16. The molecule has 0 radical (unpaired) electrons. The normalized spacial score (nSPS) is 22.1. The van der Waals surface area contributed by atoms with Crippen LogP contribution in [0.3, 0.4) is 0 Å². The van der Waals surface area contributed by atoms with Crippen LogP contribution in [-0.2, 0) is 58.3 Å². The van der Waals surface area contributed by atoms with Crippen LogP contribution in [0.2, 0.25) is 0 Å². The highest BCUT2D eigenvalue weighted by molar-refractivity contribution is 5.98. The number of nitrogens with zero attached hydrogens (tertiary/aromatic N) is 11. The van der Waals surface area contributed by atoms with Crippen LogP contribution in [0.4, 0.5) is 22.0 Å². The molecular formula is C109H128F5N19O16. The number of hydroxylamine groups is 8. The molecule has 40 heteroatoms. The highest BCUT2D eigenvalue weighted by Crippen LogP contribution is 2.49. The predicted octanol–water partition coefficient (Wildman–Crippen LogP) is 14.3. The Labute approximate surface area is 858 Å². The lowest BCUT2D eigenvalue weighted by Crippen LogP contribution is -2.42. The van der Waals surface area contributed by atoms with Gasteiger partial charge in [-0.05, 0) is 320 Å². The van der Waals surface area contributed by atoms with Crippen molar-refractivity contribution in [3.05, 3.63) is 303 Å². The van der Waals surface area contributed by atoms with Crippen molar-refractivity contribution in [2.75, 3.05) is 65.4 Å². The van der Waals surface area contributed by atoms with E-state index in [1.54, 1.807) is 86.9 Å². The van der Waals surface area contributed by atoms with Crippen LogP contribution in [0.25, 0.3) is 22.5 Å². The first-order valence-corrected chi connectivity index (χ1v) is 50.8. The Morgan fingerprint density at radius 2 is 0.604 bits per heavy atom. The Balaban J connectivity index is 0.000000116. The second-order valence-electron chi connectivity index (χ2n) is 40.7. The molecule has 14 aliphatic rings. The van der Waals surface area contributed by atoms with E-state index >= 15 is 0 Å². The number of nitrogens with one attached hydrogen (secondary N) is 8. The molecule has 2 aromatic heterocycles. The maximum Gasteiger partial charge on any atom is 0.274 e. The number of hydrazine groups is 2. The van der Waals surface area contributed by atoms with Gasteiger partial charge in [-0.15, -0.1) is 0 Å². The van der Waals surface area contributed by atoms with E-state index in [-0.39, 0.29) is 75.3 Å². The molecule has 16 heterocycles. The zero-order chi connectivity index (χ0) is 106. The summed E-state index contributed by atoms with van der Waals surface area (Å²) >= 11 is 0. The summed E-state index contributed by atoms with van der Waals surface area (Å²) in [6.45, 7) is 19.6. The third-order valence-corrected chi connectivity index (χ3v) is 32.2. The van der Waals surface area contributed by atoms with E-state index < -0.39 is 53.1 Å². The molecule has 0 unspecified atom stereocenters. The molecule has 6 fully saturated rings. The molecule has 8 aromatic carbocycles.